The zero-order valence-electron chi connectivity index (χ0n) is 9.63. The Labute approximate surface area is 115 Å². The second-order valence-corrected chi connectivity index (χ2v) is 3.68. The van der Waals surface area contributed by atoms with Gasteiger partial charge in [-0.15, -0.1) is 17.0 Å². The highest BCUT2D eigenvalue weighted by Crippen LogP contribution is 2.03. The lowest BCUT2D eigenvalue weighted by Gasteiger charge is -2.04. The van der Waals surface area contributed by atoms with Crippen molar-refractivity contribution in [3.63, 3.8) is 0 Å². The molecule has 96 valence electrons. The molecule has 0 aliphatic rings. The van der Waals surface area contributed by atoms with Crippen molar-refractivity contribution in [3.05, 3.63) is 64.2 Å². The van der Waals surface area contributed by atoms with E-state index >= 15 is 0 Å². The first kappa shape index (κ1) is 14.5. The van der Waals surface area contributed by atoms with E-state index in [1.165, 1.54) is 6.07 Å². The van der Waals surface area contributed by atoms with E-state index in [9.17, 15) is 4.79 Å². The number of aromatic hydroxyl groups is 1. The molecule has 4 nitrogen and oxygen atoms in total. The van der Waals surface area contributed by atoms with E-state index in [0.717, 1.165) is 11.8 Å². The highest BCUT2D eigenvalue weighted by atomic mass is 79.9. The van der Waals surface area contributed by atoms with Crippen molar-refractivity contribution in [2.75, 3.05) is 0 Å². The summed E-state index contributed by atoms with van der Waals surface area (Å²) in [6.45, 7) is 1.15. The van der Waals surface area contributed by atoms with Gasteiger partial charge < -0.3 is 14.8 Å². The number of hydrogen-bond acceptors (Lipinski definition) is 4. The third kappa shape index (κ3) is 4.01. The van der Waals surface area contributed by atoms with E-state index in [4.69, 9.17) is 9.52 Å². The average molecular weight is 312 g/mol. The van der Waals surface area contributed by atoms with Crippen LogP contribution in [0, 0.1) is 0 Å². The Kier molecular flexibility index (Phi) is 5.61. The summed E-state index contributed by atoms with van der Waals surface area (Å²) < 4.78 is 5.06. The number of benzene rings is 1. The maximum Gasteiger partial charge on any atom is 0.226 e. The Balaban J connectivity index is 0.00000162. The van der Waals surface area contributed by atoms with Gasteiger partial charge in [0.2, 0.25) is 5.43 Å². The molecule has 0 fully saturated rings. The predicted octanol–water partition coefficient (Wildman–Crippen LogP) is 2.21. The van der Waals surface area contributed by atoms with Crippen LogP contribution in [0.4, 0.5) is 0 Å². The molecule has 5 heteroatoms. The first-order valence-electron chi connectivity index (χ1n) is 5.31. The fourth-order valence-electron chi connectivity index (χ4n) is 1.46. The normalized spacial score (nSPS) is 9.78. The molecule has 0 aliphatic carbocycles. The SMILES string of the molecule is Br.O=c1cc(CNCc2ccccc2)occ1O. The van der Waals surface area contributed by atoms with Gasteiger partial charge in [0.15, 0.2) is 5.75 Å². The molecule has 1 heterocycles. The van der Waals surface area contributed by atoms with E-state index in [0.29, 0.717) is 18.8 Å². The molecule has 0 unspecified atom stereocenters. The van der Waals surface area contributed by atoms with Crippen LogP contribution in [0.3, 0.4) is 0 Å². The summed E-state index contributed by atoms with van der Waals surface area (Å²) in [4.78, 5) is 11.1. The van der Waals surface area contributed by atoms with Crippen LogP contribution in [0.5, 0.6) is 5.75 Å². The Hall–Kier alpha value is -1.59. The van der Waals surface area contributed by atoms with Crippen molar-refractivity contribution in [1.29, 1.82) is 0 Å². The minimum Gasteiger partial charge on any atom is -0.502 e. The number of nitrogens with one attached hydrogen (secondary N) is 1. The van der Waals surface area contributed by atoms with Gasteiger partial charge in [-0.2, -0.15) is 0 Å². The van der Waals surface area contributed by atoms with E-state index in [2.05, 4.69) is 5.32 Å². The molecule has 2 rings (SSSR count). The Morgan fingerprint density at radius 3 is 2.56 bits per heavy atom. The van der Waals surface area contributed by atoms with Crippen LogP contribution in [-0.4, -0.2) is 5.11 Å². The summed E-state index contributed by atoms with van der Waals surface area (Å²) in [7, 11) is 0. The summed E-state index contributed by atoms with van der Waals surface area (Å²) in [5, 5.41) is 12.2. The first-order valence-corrected chi connectivity index (χ1v) is 5.31. The maximum absolute atomic E-state index is 11.1. The summed E-state index contributed by atoms with van der Waals surface area (Å²) in [5.74, 6) is 0.139. The first-order chi connectivity index (χ1) is 8.25. The molecular weight excluding hydrogens is 298 g/mol. The van der Waals surface area contributed by atoms with Gasteiger partial charge in [0.25, 0.3) is 0 Å². The number of halogens is 1. The van der Waals surface area contributed by atoms with Crippen LogP contribution in [0.1, 0.15) is 11.3 Å². The molecule has 0 spiro atoms. The van der Waals surface area contributed by atoms with Gasteiger partial charge in [-0.1, -0.05) is 30.3 Å². The molecule has 0 saturated heterocycles. The van der Waals surface area contributed by atoms with Crippen molar-refractivity contribution >= 4 is 17.0 Å². The molecule has 1 aromatic carbocycles. The zero-order chi connectivity index (χ0) is 12.1. The third-order valence-corrected chi connectivity index (χ3v) is 2.34. The van der Waals surface area contributed by atoms with Gasteiger partial charge in [0.05, 0.1) is 6.54 Å². The quantitative estimate of drug-likeness (QED) is 0.909. The van der Waals surface area contributed by atoms with Crippen molar-refractivity contribution in [3.8, 4) is 5.75 Å². The number of hydrogen-bond donors (Lipinski definition) is 2. The van der Waals surface area contributed by atoms with Gasteiger partial charge in [0, 0.05) is 12.6 Å². The summed E-state index contributed by atoms with van der Waals surface area (Å²) in [6, 6.07) is 11.2. The predicted molar refractivity (Wildman–Crippen MR) is 74.0 cm³/mol. The molecular formula is C13H14BrNO3. The smallest absolute Gasteiger partial charge is 0.226 e. The Morgan fingerprint density at radius 1 is 1.17 bits per heavy atom. The largest absolute Gasteiger partial charge is 0.502 e. The standard InChI is InChI=1S/C13H13NO3.BrH/c15-12-6-11(17-9-13(12)16)8-14-7-10-4-2-1-3-5-10;/h1-6,9,14,16H,7-8H2;1H. The molecule has 0 amide bonds. The lowest BCUT2D eigenvalue weighted by molar-refractivity contribution is 0.405. The molecule has 2 N–H and O–H groups in total. The van der Waals surface area contributed by atoms with Crippen LogP contribution in [-0.2, 0) is 13.1 Å². The molecule has 18 heavy (non-hydrogen) atoms. The Morgan fingerprint density at radius 2 is 1.89 bits per heavy atom. The molecule has 2 aromatic rings. The van der Waals surface area contributed by atoms with Gasteiger partial charge in [-0.05, 0) is 5.56 Å². The van der Waals surface area contributed by atoms with E-state index in [1.807, 2.05) is 30.3 Å². The number of rotatable bonds is 4. The molecule has 0 aliphatic heterocycles. The summed E-state index contributed by atoms with van der Waals surface area (Å²) in [5.41, 5.74) is 0.737. The van der Waals surface area contributed by atoms with Crippen LogP contribution in [0.25, 0.3) is 0 Å². The third-order valence-electron chi connectivity index (χ3n) is 2.34. The summed E-state index contributed by atoms with van der Waals surface area (Å²) in [6.07, 6.45) is 1.06. The minimum atomic E-state index is -0.423. The monoisotopic (exact) mass is 311 g/mol. The van der Waals surface area contributed by atoms with Gasteiger partial charge >= 0.3 is 0 Å². The second-order valence-electron chi connectivity index (χ2n) is 3.68. The van der Waals surface area contributed by atoms with Crippen molar-refractivity contribution < 1.29 is 9.52 Å². The average Bonchev–Trinajstić information content (AvgIpc) is 2.35. The fraction of sp³-hybridized carbons (Fsp3) is 0.154. The molecule has 0 saturated carbocycles. The fourth-order valence-corrected chi connectivity index (χ4v) is 1.46. The molecule has 0 radical (unpaired) electrons. The van der Waals surface area contributed by atoms with E-state index in [1.54, 1.807) is 0 Å². The van der Waals surface area contributed by atoms with E-state index < -0.39 is 5.43 Å². The molecule has 0 bridgehead atoms. The van der Waals surface area contributed by atoms with E-state index in [-0.39, 0.29) is 22.7 Å². The van der Waals surface area contributed by atoms with Crippen LogP contribution in [0.2, 0.25) is 0 Å². The lowest BCUT2D eigenvalue weighted by atomic mass is 10.2. The molecule has 1 aromatic heterocycles. The maximum atomic E-state index is 11.1. The van der Waals surface area contributed by atoms with Crippen molar-refractivity contribution in [2.24, 2.45) is 0 Å². The topological polar surface area (TPSA) is 62.5 Å². The highest BCUT2D eigenvalue weighted by Gasteiger charge is 2.01. The highest BCUT2D eigenvalue weighted by molar-refractivity contribution is 8.93. The van der Waals surface area contributed by atoms with Crippen LogP contribution < -0.4 is 10.7 Å². The van der Waals surface area contributed by atoms with Gasteiger partial charge in [0.1, 0.15) is 12.0 Å². The zero-order valence-corrected chi connectivity index (χ0v) is 11.3. The van der Waals surface area contributed by atoms with Crippen molar-refractivity contribution in [2.45, 2.75) is 13.1 Å². The second kappa shape index (κ2) is 6.98. The Bertz CT molecular complexity index is 539. The van der Waals surface area contributed by atoms with Crippen molar-refractivity contribution in [1.82, 2.24) is 5.32 Å². The van der Waals surface area contributed by atoms with Crippen LogP contribution >= 0.6 is 17.0 Å². The minimum absolute atomic E-state index is 0. The molecule has 0 atom stereocenters. The van der Waals surface area contributed by atoms with Gasteiger partial charge in [-0.25, -0.2) is 0 Å². The van der Waals surface area contributed by atoms with Gasteiger partial charge in [-0.3, -0.25) is 4.79 Å². The van der Waals surface area contributed by atoms with Crippen LogP contribution in [0.15, 0.2) is 51.9 Å². The summed E-state index contributed by atoms with van der Waals surface area (Å²) >= 11 is 0. The lowest BCUT2D eigenvalue weighted by Crippen LogP contribution is -2.14.